The van der Waals surface area contributed by atoms with E-state index in [1.807, 2.05) is 29.8 Å². The summed E-state index contributed by atoms with van der Waals surface area (Å²) >= 11 is 5.85. The number of methoxy groups -OCH3 is 2. The summed E-state index contributed by atoms with van der Waals surface area (Å²) in [7, 11) is 3.25. The maximum absolute atomic E-state index is 5.85. The van der Waals surface area contributed by atoms with Crippen molar-refractivity contribution in [3.8, 4) is 17.2 Å². The van der Waals surface area contributed by atoms with Crippen molar-refractivity contribution < 1.29 is 9.47 Å². The normalized spacial score (nSPS) is 10.4. The van der Waals surface area contributed by atoms with Crippen molar-refractivity contribution in [2.75, 3.05) is 14.2 Å². The third kappa shape index (κ3) is 2.16. The average Bonchev–Trinajstić information content (AvgIpc) is 2.78. The van der Waals surface area contributed by atoms with Crippen molar-refractivity contribution in [3.05, 3.63) is 35.7 Å². The minimum absolute atomic E-state index is 0.449. The third-order valence-corrected chi connectivity index (χ3v) is 3.16. The molecular weight excluding hydrogens is 252 g/mol. The number of ether oxygens (including phenoxy) is 2. The number of rotatable bonds is 4. The smallest absolute Gasteiger partial charge is 0.148 e. The quantitative estimate of drug-likeness (QED) is 0.799. The molecule has 1 aromatic carbocycles. The average molecular weight is 267 g/mol. The van der Waals surface area contributed by atoms with Crippen LogP contribution < -0.4 is 9.47 Å². The van der Waals surface area contributed by atoms with Crippen LogP contribution in [0.25, 0.3) is 5.69 Å². The Morgan fingerprint density at radius 2 is 2.06 bits per heavy atom. The maximum atomic E-state index is 5.85. The van der Waals surface area contributed by atoms with Crippen molar-refractivity contribution in [1.29, 1.82) is 0 Å². The predicted molar refractivity (Wildman–Crippen MR) is 71.0 cm³/mol. The molecule has 18 heavy (non-hydrogen) atoms. The molecule has 1 heterocycles. The Hall–Kier alpha value is -1.68. The van der Waals surface area contributed by atoms with Gasteiger partial charge in [-0.1, -0.05) is 0 Å². The molecule has 0 radical (unpaired) electrons. The van der Waals surface area contributed by atoms with Gasteiger partial charge < -0.3 is 9.47 Å². The van der Waals surface area contributed by atoms with Crippen molar-refractivity contribution in [3.63, 3.8) is 0 Å². The number of benzene rings is 1. The van der Waals surface area contributed by atoms with Crippen LogP contribution in [0, 0.1) is 6.92 Å². The first-order valence-electron chi connectivity index (χ1n) is 5.53. The van der Waals surface area contributed by atoms with Gasteiger partial charge in [-0.05, 0) is 19.1 Å². The van der Waals surface area contributed by atoms with E-state index >= 15 is 0 Å². The van der Waals surface area contributed by atoms with E-state index in [4.69, 9.17) is 21.1 Å². The van der Waals surface area contributed by atoms with E-state index in [1.165, 1.54) is 0 Å². The summed E-state index contributed by atoms with van der Waals surface area (Å²) in [4.78, 5) is 0. The molecule has 2 rings (SSSR count). The highest BCUT2D eigenvalue weighted by atomic mass is 35.5. The second-order valence-electron chi connectivity index (χ2n) is 3.84. The van der Waals surface area contributed by atoms with Crippen LogP contribution in [-0.2, 0) is 5.88 Å². The molecule has 0 amide bonds. The topological polar surface area (TPSA) is 36.3 Å². The van der Waals surface area contributed by atoms with Crippen LogP contribution in [0.2, 0.25) is 0 Å². The molecule has 4 nitrogen and oxygen atoms in total. The van der Waals surface area contributed by atoms with Gasteiger partial charge in [-0.2, -0.15) is 5.10 Å². The number of hydrogen-bond acceptors (Lipinski definition) is 3. The molecule has 0 unspecified atom stereocenters. The van der Waals surface area contributed by atoms with Gasteiger partial charge in [0.05, 0.1) is 26.3 Å². The maximum Gasteiger partial charge on any atom is 0.148 e. The molecule has 0 aliphatic carbocycles. The fourth-order valence-electron chi connectivity index (χ4n) is 1.78. The Morgan fingerprint density at radius 1 is 1.28 bits per heavy atom. The lowest BCUT2D eigenvalue weighted by atomic mass is 10.2. The minimum atomic E-state index is 0.449. The lowest BCUT2D eigenvalue weighted by molar-refractivity contribution is 0.392. The van der Waals surface area contributed by atoms with Gasteiger partial charge in [-0.3, -0.25) is 0 Å². The first kappa shape index (κ1) is 12.8. The highest BCUT2D eigenvalue weighted by molar-refractivity contribution is 6.17. The second-order valence-corrected chi connectivity index (χ2v) is 4.11. The van der Waals surface area contributed by atoms with Gasteiger partial charge in [-0.15, -0.1) is 11.6 Å². The third-order valence-electron chi connectivity index (χ3n) is 2.87. The fraction of sp³-hybridized carbons (Fsp3) is 0.308. The molecule has 5 heteroatoms. The van der Waals surface area contributed by atoms with Crippen LogP contribution >= 0.6 is 11.6 Å². The molecule has 0 aliphatic rings. The molecule has 0 bridgehead atoms. The van der Waals surface area contributed by atoms with E-state index < -0.39 is 0 Å². The summed E-state index contributed by atoms with van der Waals surface area (Å²) < 4.78 is 12.4. The monoisotopic (exact) mass is 266 g/mol. The van der Waals surface area contributed by atoms with Gasteiger partial charge in [0, 0.05) is 17.3 Å². The number of halogens is 1. The minimum Gasteiger partial charge on any atom is -0.497 e. The number of aromatic nitrogens is 2. The summed E-state index contributed by atoms with van der Waals surface area (Å²) in [6.45, 7) is 1.98. The number of hydrogen-bond donors (Lipinski definition) is 0. The lowest BCUT2D eigenvalue weighted by Crippen LogP contribution is -2.02. The van der Waals surface area contributed by atoms with Crippen LogP contribution in [-0.4, -0.2) is 24.0 Å². The van der Waals surface area contributed by atoms with Gasteiger partial charge >= 0.3 is 0 Å². The van der Waals surface area contributed by atoms with E-state index in [1.54, 1.807) is 20.4 Å². The van der Waals surface area contributed by atoms with E-state index in [0.717, 1.165) is 22.7 Å². The summed E-state index contributed by atoms with van der Waals surface area (Å²) in [5.41, 5.74) is 2.88. The predicted octanol–water partition coefficient (Wildman–Crippen LogP) is 2.94. The highest BCUT2D eigenvalue weighted by Crippen LogP contribution is 2.29. The SMILES string of the molecule is COc1ccc(-n2ncc(CCl)c2C)c(OC)c1. The van der Waals surface area contributed by atoms with Crippen LogP contribution in [0.3, 0.4) is 0 Å². The molecule has 96 valence electrons. The lowest BCUT2D eigenvalue weighted by Gasteiger charge is -2.11. The van der Waals surface area contributed by atoms with Crippen LogP contribution in [0.5, 0.6) is 11.5 Å². The molecule has 0 N–H and O–H groups in total. The molecule has 0 saturated carbocycles. The molecule has 2 aromatic rings. The Bertz CT molecular complexity index is 552. The van der Waals surface area contributed by atoms with E-state index in [2.05, 4.69) is 5.10 Å². The molecule has 0 aliphatic heterocycles. The number of nitrogens with zero attached hydrogens (tertiary/aromatic N) is 2. The van der Waals surface area contributed by atoms with Gasteiger partial charge in [0.15, 0.2) is 0 Å². The molecular formula is C13H15ClN2O2. The zero-order valence-corrected chi connectivity index (χ0v) is 11.4. The van der Waals surface area contributed by atoms with Gasteiger partial charge in [0.25, 0.3) is 0 Å². The van der Waals surface area contributed by atoms with Gasteiger partial charge in [-0.25, -0.2) is 4.68 Å². The van der Waals surface area contributed by atoms with Crippen LogP contribution in [0.1, 0.15) is 11.3 Å². The zero-order valence-electron chi connectivity index (χ0n) is 10.6. The Kier molecular flexibility index (Phi) is 3.77. The summed E-state index contributed by atoms with van der Waals surface area (Å²) in [6.07, 6.45) is 1.77. The Labute approximate surface area is 111 Å². The largest absolute Gasteiger partial charge is 0.497 e. The highest BCUT2D eigenvalue weighted by Gasteiger charge is 2.12. The van der Waals surface area contributed by atoms with E-state index in [-0.39, 0.29) is 0 Å². The summed E-state index contributed by atoms with van der Waals surface area (Å²) in [5.74, 6) is 1.91. The zero-order chi connectivity index (χ0) is 13.1. The Balaban J connectivity index is 2.52. The number of alkyl halides is 1. The Morgan fingerprint density at radius 3 is 2.61 bits per heavy atom. The van der Waals surface area contributed by atoms with Gasteiger partial charge in [0.2, 0.25) is 0 Å². The van der Waals surface area contributed by atoms with E-state index in [9.17, 15) is 0 Å². The molecule has 0 spiro atoms. The van der Waals surface area contributed by atoms with Crippen molar-refractivity contribution in [2.45, 2.75) is 12.8 Å². The summed E-state index contributed by atoms with van der Waals surface area (Å²) in [6, 6.07) is 5.62. The van der Waals surface area contributed by atoms with Crippen molar-refractivity contribution >= 4 is 11.6 Å². The first-order chi connectivity index (χ1) is 8.71. The van der Waals surface area contributed by atoms with Crippen LogP contribution in [0.15, 0.2) is 24.4 Å². The molecule has 1 aromatic heterocycles. The van der Waals surface area contributed by atoms with Crippen LogP contribution in [0.4, 0.5) is 0 Å². The first-order valence-corrected chi connectivity index (χ1v) is 6.06. The standard InChI is InChI=1S/C13H15ClN2O2/c1-9-10(7-14)8-15-16(9)12-5-4-11(17-2)6-13(12)18-3/h4-6,8H,7H2,1-3H3. The molecule has 0 atom stereocenters. The molecule has 0 saturated heterocycles. The fourth-order valence-corrected chi connectivity index (χ4v) is 2.04. The van der Waals surface area contributed by atoms with Crippen molar-refractivity contribution in [2.24, 2.45) is 0 Å². The second kappa shape index (κ2) is 5.31. The van der Waals surface area contributed by atoms with E-state index in [0.29, 0.717) is 11.6 Å². The van der Waals surface area contributed by atoms with Crippen molar-refractivity contribution in [1.82, 2.24) is 9.78 Å². The summed E-state index contributed by atoms with van der Waals surface area (Å²) in [5, 5.41) is 4.33. The van der Waals surface area contributed by atoms with Gasteiger partial charge in [0.1, 0.15) is 17.2 Å². The molecule has 0 fully saturated rings.